The fourth-order valence-corrected chi connectivity index (χ4v) is 10.8. The van der Waals surface area contributed by atoms with Crippen LogP contribution in [0.15, 0.2) is 0 Å². The number of esters is 1. The van der Waals surface area contributed by atoms with Gasteiger partial charge in [0.2, 0.25) is 5.91 Å². The van der Waals surface area contributed by atoms with Crippen LogP contribution >= 0.6 is 0 Å². The largest absolute Gasteiger partial charge is 0.466 e. The molecule has 0 aliphatic heterocycles. The number of hydrogen-bond donors (Lipinski definition) is 3. The number of aliphatic hydroxyl groups excluding tert-OH is 2. The first-order valence-electron chi connectivity index (χ1n) is 33.3. The highest BCUT2D eigenvalue weighted by molar-refractivity contribution is 5.76. The molecule has 0 fully saturated rings. The van der Waals surface area contributed by atoms with E-state index in [0.29, 0.717) is 25.9 Å². The number of hydrogen-bond acceptors (Lipinski definition) is 5. The number of nitrogens with one attached hydrogen (secondary N) is 1. The van der Waals surface area contributed by atoms with Crippen LogP contribution in [0, 0.1) is 0 Å². The standard InChI is InChI=1S/C66H131NO5/c1-3-5-7-9-11-13-15-17-19-21-23-24-25-26-30-34-38-42-46-50-54-58-64(69)63(62-68)67-65(70)59-55-51-47-43-39-35-31-28-29-33-37-41-45-49-53-57-61-72-66(71)60-56-52-48-44-40-36-32-27-22-20-18-16-14-12-10-8-6-4-2/h63-64,68-69H,3-62H2,1-2H3,(H,67,70). The molecule has 0 rings (SSSR count). The average molecular weight is 1020 g/mol. The molecular weight excluding hydrogens is 887 g/mol. The highest BCUT2D eigenvalue weighted by Gasteiger charge is 2.20. The number of carbonyl (C=O) groups excluding carboxylic acids is 2. The molecule has 0 bridgehead atoms. The smallest absolute Gasteiger partial charge is 0.305 e. The van der Waals surface area contributed by atoms with Crippen molar-refractivity contribution in [3.8, 4) is 0 Å². The maximum atomic E-state index is 12.5. The van der Waals surface area contributed by atoms with Crippen molar-refractivity contribution in [3.05, 3.63) is 0 Å². The first-order chi connectivity index (χ1) is 35.5. The van der Waals surface area contributed by atoms with Crippen molar-refractivity contribution in [1.29, 1.82) is 0 Å². The molecule has 0 aromatic rings. The van der Waals surface area contributed by atoms with E-state index in [0.717, 1.165) is 38.5 Å². The van der Waals surface area contributed by atoms with E-state index in [2.05, 4.69) is 19.2 Å². The maximum Gasteiger partial charge on any atom is 0.305 e. The molecule has 0 spiro atoms. The predicted octanol–water partition coefficient (Wildman–Crippen LogP) is 21.0. The summed E-state index contributed by atoms with van der Waals surface area (Å²) in [5.74, 6) is -0.0272. The van der Waals surface area contributed by atoms with Crippen molar-refractivity contribution >= 4 is 11.9 Å². The molecule has 0 heterocycles. The Hall–Kier alpha value is -1.14. The summed E-state index contributed by atoms with van der Waals surface area (Å²) in [5.41, 5.74) is 0. The molecule has 0 aliphatic carbocycles. The zero-order valence-electron chi connectivity index (χ0n) is 49.2. The van der Waals surface area contributed by atoms with Crippen LogP contribution in [0.5, 0.6) is 0 Å². The second-order valence-corrected chi connectivity index (χ2v) is 23.2. The molecule has 0 saturated heterocycles. The molecular formula is C66H131NO5. The van der Waals surface area contributed by atoms with Crippen LogP contribution in [-0.2, 0) is 14.3 Å². The van der Waals surface area contributed by atoms with Crippen LogP contribution in [0.4, 0.5) is 0 Å². The lowest BCUT2D eigenvalue weighted by atomic mass is 10.0. The van der Waals surface area contributed by atoms with E-state index in [1.165, 1.54) is 315 Å². The van der Waals surface area contributed by atoms with Gasteiger partial charge in [0.1, 0.15) is 0 Å². The highest BCUT2D eigenvalue weighted by atomic mass is 16.5. The summed E-state index contributed by atoms with van der Waals surface area (Å²) in [6, 6.07) is -0.546. The van der Waals surface area contributed by atoms with E-state index in [1.807, 2.05) is 0 Å². The van der Waals surface area contributed by atoms with Gasteiger partial charge in [-0.1, -0.05) is 348 Å². The van der Waals surface area contributed by atoms with Crippen LogP contribution in [0.25, 0.3) is 0 Å². The molecule has 2 unspecified atom stereocenters. The first kappa shape index (κ1) is 70.9. The Labute approximate surface area is 451 Å². The Morgan fingerprint density at radius 3 is 0.847 bits per heavy atom. The molecule has 6 nitrogen and oxygen atoms in total. The highest BCUT2D eigenvalue weighted by Crippen LogP contribution is 2.19. The van der Waals surface area contributed by atoms with Gasteiger partial charge in [-0.25, -0.2) is 0 Å². The Morgan fingerprint density at radius 1 is 0.333 bits per heavy atom. The van der Waals surface area contributed by atoms with Crippen molar-refractivity contribution in [2.75, 3.05) is 13.2 Å². The number of rotatable bonds is 63. The number of carbonyl (C=O) groups is 2. The third-order valence-corrected chi connectivity index (χ3v) is 15.9. The van der Waals surface area contributed by atoms with Gasteiger partial charge in [-0.2, -0.15) is 0 Å². The molecule has 2 atom stereocenters. The van der Waals surface area contributed by atoms with Crippen LogP contribution in [-0.4, -0.2) is 47.4 Å². The lowest BCUT2D eigenvalue weighted by Crippen LogP contribution is -2.45. The Kier molecular flexibility index (Phi) is 61.4. The van der Waals surface area contributed by atoms with E-state index >= 15 is 0 Å². The van der Waals surface area contributed by atoms with E-state index in [-0.39, 0.29) is 18.5 Å². The summed E-state index contributed by atoms with van der Waals surface area (Å²) in [7, 11) is 0. The van der Waals surface area contributed by atoms with Crippen LogP contribution in [0.3, 0.4) is 0 Å². The molecule has 0 radical (unpaired) electrons. The van der Waals surface area contributed by atoms with Crippen molar-refractivity contribution in [1.82, 2.24) is 5.32 Å². The quantitative estimate of drug-likeness (QED) is 0.0417. The zero-order chi connectivity index (χ0) is 52.2. The normalized spacial score (nSPS) is 12.4. The molecule has 0 aliphatic rings. The average Bonchev–Trinajstić information content (AvgIpc) is 3.38. The van der Waals surface area contributed by atoms with Gasteiger partial charge in [0.25, 0.3) is 0 Å². The van der Waals surface area contributed by atoms with E-state index in [1.54, 1.807) is 0 Å². The molecule has 72 heavy (non-hydrogen) atoms. The van der Waals surface area contributed by atoms with Crippen LogP contribution < -0.4 is 5.32 Å². The summed E-state index contributed by atoms with van der Waals surface area (Å²) in [6.07, 6.45) is 74.1. The van der Waals surface area contributed by atoms with Crippen LogP contribution in [0.2, 0.25) is 0 Å². The summed E-state index contributed by atoms with van der Waals surface area (Å²) >= 11 is 0. The minimum absolute atomic E-state index is 0.00926. The monoisotopic (exact) mass is 1020 g/mol. The second kappa shape index (κ2) is 62.4. The van der Waals surface area contributed by atoms with Gasteiger partial charge in [0.05, 0.1) is 25.4 Å². The van der Waals surface area contributed by atoms with Gasteiger partial charge in [-0.15, -0.1) is 0 Å². The van der Waals surface area contributed by atoms with E-state index in [4.69, 9.17) is 4.74 Å². The topological polar surface area (TPSA) is 95.9 Å². The van der Waals surface area contributed by atoms with Crippen molar-refractivity contribution < 1.29 is 24.5 Å². The molecule has 0 aromatic carbocycles. The van der Waals surface area contributed by atoms with E-state index in [9.17, 15) is 19.8 Å². The minimum Gasteiger partial charge on any atom is -0.466 e. The third kappa shape index (κ3) is 58.1. The first-order valence-corrected chi connectivity index (χ1v) is 33.3. The second-order valence-electron chi connectivity index (χ2n) is 23.2. The summed E-state index contributed by atoms with van der Waals surface area (Å²) in [4.78, 5) is 24.6. The van der Waals surface area contributed by atoms with Crippen molar-refractivity contribution in [3.63, 3.8) is 0 Å². The third-order valence-electron chi connectivity index (χ3n) is 15.9. The van der Waals surface area contributed by atoms with Gasteiger partial charge in [-0.05, 0) is 25.7 Å². The number of aliphatic hydroxyl groups is 2. The zero-order valence-corrected chi connectivity index (χ0v) is 49.2. The molecule has 0 aromatic heterocycles. The van der Waals surface area contributed by atoms with Gasteiger partial charge < -0.3 is 20.3 Å². The Morgan fingerprint density at radius 2 is 0.569 bits per heavy atom. The minimum atomic E-state index is -0.669. The number of unbranched alkanes of at least 4 members (excludes halogenated alkanes) is 52. The Bertz CT molecular complexity index is 1040. The summed E-state index contributed by atoms with van der Waals surface area (Å²) in [6.45, 7) is 4.99. The fourth-order valence-electron chi connectivity index (χ4n) is 10.8. The van der Waals surface area contributed by atoms with Gasteiger partial charge in [0, 0.05) is 12.8 Å². The summed E-state index contributed by atoms with van der Waals surface area (Å²) in [5, 5.41) is 23.4. The molecule has 0 saturated carbocycles. The van der Waals surface area contributed by atoms with Gasteiger partial charge in [0.15, 0.2) is 0 Å². The molecule has 1 amide bonds. The molecule has 430 valence electrons. The molecule has 6 heteroatoms. The SMILES string of the molecule is CCCCCCCCCCCCCCCCCCCCCCCC(O)C(CO)NC(=O)CCCCCCCCCCCCCCCCCCOC(=O)CCCCCCCCCCCCCCCCCCCC. The summed E-state index contributed by atoms with van der Waals surface area (Å²) < 4.78 is 5.50. The predicted molar refractivity (Wildman–Crippen MR) is 315 cm³/mol. The number of ether oxygens (including phenoxy) is 1. The van der Waals surface area contributed by atoms with Crippen molar-refractivity contribution in [2.45, 2.75) is 398 Å². The fraction of sp³-hybridized carbons (Fsp3) is 0.970. The maximum absolute atomic E-state index is 12.5. The van der Waals surface area contributed by atoms with Crippen molar-refractivity contribution in [2.24, 2.45) is 0 Å². The van der Waals surface area contributed by atoms with E-state index < -0.39 is 12.1 Å². The number of amides is 1. The van der Waals surface area contributed by atoms with Gasteiger partial charge >= 0.3 is 5.97 Å². The lowest BCUT2D eigenvalue weighted by Gasteiger charge is -2.22. The van der Waals surface area contributed by atoms with Gasteiger partial charge in [-0.3, -0.25) is 9.59 Å². The Balaban J connectivity index is 3.39. The van der Waals surface area contributed by atoms with Crippen LogP contribution in [0.1, 0.15) is 386 Å². The molecule has 3 N–H and O–H groups in total. The lowest BCUT2D eigenvalue weighted by molar-refractivity contribution is -0.143.